The van der Waals surface area contributed by atoms with Crippen LogP contribution in [0, 0.1) is 18.7 Å². The Morgan fingerprint density at radius 1 is 1.08 bits per heavy atom. The van der Waals surface area contributed by atoms with Crippen LogP contribution in [-0.4, -0.2) is 45.3 Å². The number of nitrogens with zero attached hydrogens (tertiary/aromatic N) is 4. The SMILES string of the molecule is CCn1cc(CN2C[C@@H]3CC[C@H]2CN(Cc2ccc(F)cc2)C3)c(C)n1. The number of hydrogen-bond donors (Lipinski definition) is 0. The molecule has 0 amide bonds. The highest BCUT2D eigenvalue weighted by Crippen LogP contribution is 2.30. The Morgan fingerprint density at radius 3 is 2.62 bits per heavy atom. The van der Waals surface area contributed by atoms with Crippen molar-refractivity contribution < 1.29 is 4.39 Å². The molecule has 1 aromatic carbocycles. The van der Waals surface area contributed by atoms with E-state index in [4.69, 9.17) is 0 Å². The van der Waals surface area contributed by atoms with E-state index < -0.39 is 0 Å². The minimum Gasteiger partial charge on any atom is -0.297 e. The number of piperidine rings is 1. The Balaban J connectivity index is 1.44. The minimum absolute atomic E-state index is 0.154. The quantitative estimate of drug-likeness (QED) is 0.820. The van der Waals surface area contributed by atoms with Crippen LogP contribution in [0.5, 0.6) is 0 Å². The normalized spacial score (nSPS) is 24.1. The van der Waals surface area contributed by atoms with Crippen LogP contribution < -0.4 is 0 Å². The van der Waals surface area contributed by atoms with E-state index in [9.17, 15) is 4.39 Å². The van der Waals surface area contributed by atoms with Crippen molar-refractivity contribution in [2.24, 2.45) is 5.92 Å². The number of halogens is 1. The van der Waals surface area contributed by atoms with Crippen LogP contribution in [-0.2, 0) is 19.6 Å². The molecular formula is C21H29FN4. The van der Waals surface area contributed by atoms with Gasteiger partial charge in [0.2, 0.25) is 0 Å². The Hall–Kier alpha value is -1.72. The van der Waals surface area contributed by atoms with Crippen molar-refractivity contribution in [3.8, 4) is 0 Å². The molecule has 1 aromatic heterocycles. The second-order valence-electron chi connectivity index (χ2n) is 7.94. The van der Waals surface area contributed by atoms with Crippen LogP contribution in [0.1, 0.15) is 36.6 Å². The summed E-state index contributed by atoms with van der Waals surface area (Å²) in [7, 11) is 0. The lowest BCUT2D eigenvalue weighted by Gasteiger charge is -2.36. The predicted molar refractivity (Wildman–Crippen MR) is 101 cm³/mol. The van der Waals surface area contributed by atoms with Crippen LogP contribution in [0.4, 0.5) is 4.39 Å². The van der Waals surface area contributed by atoms with E-state index in [0.717, 1.165) is 44.3 Å². The molecule has 5 rings (SSSR count). The van der Waals surface area contributed by atoms with E-state index in [2.05, 4.69) is 34.9 Å². The van der Waals surface area contributed by atoms with Crippen molar-refractivity contribution in [2.75, 3.05) is 19.6 Å². The Morgan fingerprint density at radius 2 is 1.88 bits per heavy atom. The van der Waals surface area contributed by atoms with Crippen molar-refractivity contribution in [1.29, 1.82) is 0 Å². The molecule has 3 aliphatic rings. The fourth-order valence-electron chi connectivity index (χ4n) is 4.54. The van der Waals surface area contributed by atoms with Gasteiger partial charge in [0.25, 0.3) is 0 Å². The molecule has 2 aromatic rings. The lowest BCUT2D eigenvalue weighted by Crippen LogP contribution is -2.43. The van der Waals surface area contributed by atoms with E-state index in [0.29, 0.717) is 6.04 Å². The van der Waals surface area contributed by atoms with Gasteiger partial charge in [-0.05, 0) is 50.3 Å². The molecule has 3 aliphatic heterocycles. The Labute approximate surface area is 155 Å². The molecule has 5 heteroatoms. The largest absolute Gasteiger partial charge is 0.297 e. The molecule has 140 valence electrons. The van der Waals surface area contributed by atoms with Gasteiger partial charge < -0.3 is 0 Å². The highest BCUT2D eigenvalue weighted by atomic mass is 19.1. The van der Waals surface area contributed by atoms with Crippen molar-refractivity contribution in [2.45, 2.75) is 52.4 Å². The van der Waals surface area contributed by atoms with Crippen molar-refractivity contribution >= 4 is 0 Å². The van der Waals surface area contributed by atoms with Crippen molar-refractivity contribution in [3.63, 3.8) is 0 Å². The maximum Gasteiger partial charge on any atom is 0.123 e. The lowest BCUT2D eigenvalue weighted by molar-refractivity contribution is 0.123. The third-order valence-electron chi connectivity index (χ3n) is 5.97. The third-order valence-corrected chi connectivity index (χ3v) is 5.97. The zero-order valence-electron chi connectivity index (χ0n) is 15.9. The van der Waals surface area contributed by atoms with Gasteiger partial charge in [-0.2, -0.15) is 5.10 Å². The summed E-state index contributed by atoms with van der Waals surface area (Å²) in [6.45, 7) is 10.6. The first-order chi connectivity index (χ1) is 12.6. The number of rotatable bonds is 5. The average Bonchev–Trinajstić information content (AvgIpc) is 2.79. The first-order valence-electron chi connectivity index (χ1n) is 9.84. The standard InChI is InChI=1S/C21H29FN4/c1-3-26-14-19(16(2)23-26)13-25-12-18-6-9-21(25)15-24(11-18)10-17-4-7-20(22)8-5-17/h4-5,7-8,14,18,21H,3,6,9-13,15H2,1-2H3/t18-,21+/m1/s1. The molecule has 3 fully saturated rings. The molecular weight excluding hydrogens is 327 g/mol. The van der Waals surface area contributed by atoms with Gasteiger partial charge in [0.15, 0.2) is 0 Å². The summed E-state index contributed by atoms with van der Waals surface area (Å²) >= 11 is 0. The highest BCUT2D eigenvalue weighted by Gasteiger charge is 2.34. The summed E-state index contributed by atoms with van der Waals surface area (Å²) < 4.78 is 15.2. The van der Waals surface area contributed by atoms with Gasteiger partial charge >= 0.3 is 0 Å². The summed E-state index contributed by atoms with van der Waals surface area (Å²) in [6.07, 6.45) is 4.82. The molecule has 26 heavy (non-hydrogen) atoms. The van der Waals surface area contributed by atoms with E-state index >= 15 is 0 Å². The van der Waals surface area contributed by atoms with Crippen LogP contribution >= 0.6 is 0 Å². The maximum absolute atomic E-state index is 13.2. The molecule has 0 unspecified atom stereocenters. The predicted octanol–water partition coefficient (Wildman–Crippen LogP) is 3.45. The zero-order valence-corrected chi connectivity index (χ0v) is 15.9. The lowest BCUT2D eigenvalue weighted by atomic mass is 9.94. The second kappa shape index (κ2) is 7.49. The summed E-state index contributed by atoms with van der Waals surface area (Å²) in [4.78, 5) is 5.24. The van der Waals surface area contributed by atoms with Gasteiger partial charge in [0, 0.05) is 57.1 Å². The molecule has 4 heterocycles. The van der Waals surface area contributed by atoms with Gasteiger partial charge in [0.1, 0.15) is 5.82 Å². The Bertz CT molecular complexity index is 739. The molecule has 0 saturated carbocycles. The minimum atomic E-state index is -0.154. The van der Waals surface area contributed by atoms with Crippen LogP contribution in [0.25, 0.3) is 0 Å². The summed E-state index contributed by atoms with van der Waals surface area (Å²) in [5.41, 5.74) is 3.74. The first-order valence-corrected chi connectivity index (χ1v) is 9.84. The fourth-order valence-corrected chi connectivity index (χ4v) is 4.54. The number of benzene rings is 1. The van der Waals surface area contributed by atoms with Crippen LogP contribution in [0.2, 0.25) is 0 Å². The molecule has 4 nitrogen and oxygen atoms in total. The van der Waals surface area contributed by atoms with Crippen molar-refractivity contribution in [1.82, 2.24) is 19.6 Å². The van der Waals surface area contributed by atoms with Gasteiger partial charge in [-0.1, -0.05) is 12.1 Å². The van der Waals surface area contributed by atoms with Gasteiger partial charge in [-0.15, -0.1) is 0 Å². The summed E-state index contributed by atoms with van der Waals surface area (Å²) in [6, 6.07) is 7.59. The number of fused-ring (bicyclic) bond motifs is 4. The van der Waals surface area contributed by atoms with Crippen LogP contribution in [0.3, 0.4) is 0 Å². The number of hydrogen-bond acceptors (Lipinski definition) is 3. The van der Waals surface area contributed by atoms with Gasteiger partial charge in [-0.25, -0.2) is 4.39 Å². The van der Waals surface area contributed by atoms with E-state index in [1.807, 2.05) is 16.8 Å². The topological polar surface area (TPSA) is 24.3 Å². The fraction of sp³-hybridized carbons (Fsp3) is 0.571. The molecule has 3 saturated heterocycles. The van der Waals surface area contributed by atoms with E-state index in [-0.39, 0.29) is 5.82 Å². The third kappa shape index (κ3) is 3.84. The van der Waals surface area contributed by atoms with E-state index in [1.165, 1.54) is 30.5 Å². The van der Waals surface area contributed by atoms with Crippen molar-refractivity contribution in [3.05, 3.63) is 53.1 Å². The first kappa shape index (κ1) is 17.7. The summed E-state index contributed by atoms with van der Waals surface area (Å²) in [5.74, 6) is 0.578. The molecule has 2 atom stereocenters. The van der Waals surface area contributed by atoms with Crippen LogP contribution in [0.15, 0.2) is 30.5 Å². The molecule has 0 spiro atoms. The Kier molecular flexibility index (Phi) is 5.09. The van der Waals surface area contributed by atoms with Gasteiger partial charge in [-0.3, -0.25) is 14.5 Å². The molecule has 0 aliphatic carbocycles. The number of aryl methyl sites for hydroxylation is 2. The monoisotopic (exact) mass is 356 g/mol. The maximum atomic E-state index is 13.2. The smallest absolute Gasteiger partial charge is 0.123 e. The molecule has 2 bridgehead atoms. The molecule has 0 N–H and O–H groups in total. The highest BCUT2D eigenvalue weighted by molar-refractivity contribution is 5.17. The van der Waals surface area contributed by atoms with Gasteiger partial charge in [0.05, 0.1) is 5.69 Å². The molecule has 0 radical (unpaired) electrons. The van der Waals surface area contributed by atoms with E-state index in [1.54, 1.807) is 12.1 Å². The number of aromatic nitrogens is 2. The summed E-state index contributed by atoms with van der Waals surface area (Å²) in [5, 5.41) is 4.61. The zero-order chi connectivity index (χ0) is 18.1. The second-order valence-corrected chi connectivity index (χ2v) is 7.94. The average molecular weight is 356 g/mol.